The van der Waals surface area contributed by atoms with Crippen LogP contribution in [0.5, 0.6) is 0 Å². The number of hydrogen-bond donors (Lipinski definition) is 0. The van der Waals surface area contributed by atoms with Gasteiger partial charge in [-0.1, -0.05) is 0 Å². The summed E-state index contributed by atoms with van der Waals surface area (Å²) in [6, 6.07) is 2.10. The first kappa shape index (κ1) is 9.50. The Balaban J connectivity index is 2.38. The van der Waals surface area contributed by atoms with E-state index in [1.807, 2.05) is 6.92 Å². The highest BCUT2D eigenvalue weighted by Gasteiger charge is 2.26. The molecule has 0 radical (unpaired) electrons. The SMILES string of the molecule is CC1(CCC#N)OCCCCO1. The van der Waals surface area contributed by atoms with Crippen LogP contribution in [-0.2, 0) is 9.47 Å². The van der Waals surface area contributed by atoms with Crippen molar-refractivity contribution in [1.29, 1.82) is 5.26 Å². The molecular formula is C9H15NO2. The molecule has 0 aromatic carbocycles. The van der Waals surface area contributed by atoms with Crippen LogP contribution >= 0.6 is 0 Å². The lowest BCUT2D eigenvalue weighted by molar-refractivity contribution is -0.215. The first-order valence-electron chi connectivity index (χ1n) is 4.42. The standard InChI is InChI=1S/C9H15NO2/c1-9(5-4-6-10)11-7-2-3-8-12-9/h2-5,7-8H2,1H3. The minimum Gasteiger partial charge on any atom is -0.350 e. The second kappa shape index (κ2) is 4.44. The van der Waals surface area contributed by atoms with Gasteiger partial charge in [0.2, 0.25) is 0 Å². The molecule has 1 aliphatic rings. The van der Waals surface area contributed by atoms with Crippen molar-refractivity contribution in [3.8, 4) is 6.07 Å². The zero-order valence-electron chi connectivity index (χ0n) is 7.51. The van der Waals surface area contributed by atoms with Crippen LogP contribution in [0.4, 0.5) is 0 Å². The van der Waals surface area contributed by atoms with E-state index in [2.05, 4.69) is 6.07 Å². The van der Waals surface area contributed by atoms with Crippen LogP contribution in [0.25, 0.3) is 0 Å². The molecule has 1 aliphatic heterocycles. The highest BCUT2D eigenvalue weighted by Crippen LogP contribution is 2.22. The van der Waals surface area contributed by atoms with E-state index in [0.29, 0.717) is 12.8 Å². The van der Waals surface area contributed by atoms with Gasteiger partial charge in [0.1, 0.15) is 0 Å². The van der Waals surface area contributed by atoms with Crippen LogP contribution in [0.1, 0.15) is 32.6 Å². The summed E-state index contributed by atoms with van der Waals surface area (Å²) in [6.07, 6.45) is 3.28. The molecule has 1 rings (SSSR count). The Morgan fingerprint density at radius 1 is 1.33 bits per heavy atom. The fourth-order valence-corrected chi connectivity index (χ4v) is 1.25. The van der Waals surface area contributed by atoms with Gasteiger partial charge in [0.15, 0.2) is 5.79 Å². The van der Waals surface area contributed by atoms with Gasteiger partial charge in [-0.15, -0.1) is 0 Å². The van der Waals surface area contributed by atoms with E-state index in [-0.39, 0.29) is 0 Å². The highest BCUT2D eigenvalue weighted by atomic mass is 16.7. The van der Waals surface area contributed by atoms with Crippen LogP contribution in [0.15, 0.2) is 0 Å². The highest BCUT2D eigenvalue weighted by molar-refractivity contribution is 4.76. The minimum absolute atomic E-state index is 0.497. The lowest BCUT2D eigenvalue weighted by Crippen LogP contribution is -2.31. The molecule has 0 spiro atoms. The van der Waals surface area contributed by atoms with Gasteiger partial charge >= 0.3 is 0 Å². The van der Waals surface area contributed by atoms with Crippen molar-refractivity contribution in [2.75, 3.05) is 13.2 Å². The smallest absolute Gasteiger partial charge is 0.166 e. The molecule has 0 aromatic heterocycles. The quantitative estimate of drug-likeness (QED) is 0.633. The van der Waals surface area contributed by atoms with Gasteiger partial charge in [0.05, 0.1) is 19.3 Å². The normalized spacial score (nSPS) is 22.7. The second-order valence-corrected chi connectivity index (χ2v) is 3.20. The molecule has 0 aliphatic carbocycles. The van der Waals surface area contributed by atoms with Crippen LogP contribution in [0.2, 0.25) is 0 Å². The average molecular weight is 169 g/mol. The maximum Gasteiger partial charge on any atom is 0.166 e. The number of rotatable bonds is 2. The van der Waals surface area contributed by atoms with E-state index in [1.54, 1.807) is 0 Å². The number of ether oxygens (including phenoxy) is 2. The van der Waals surface area contributed by atoms with Crippen molar-refractivity contribution in [3.05, 3.63) is 0 Å². The monoisotopic (exact) mass is 169 g/mol. The molecule has 0 amide bonds. The topological polar surface area (TPSA) is 42.2 Å². The summed E-state index contributed by atoms with van der Waals surface area (Å²) < 4.78 is 11.0. The predicted octanol–water partition coefficient (Wildman–Crippen LogP) is 1.83. The largest absolute Gasteiger partial charge is 0.350 e. The summed E-state index contributed by atoms with van der Waals surface area (Å²) in [5.74, 6) is -0.508. The fourth-order valence-electron chi connectivity index (χ4n) is 1.25. The summed E-state index contributed by atoms with van der Waals surface area (Å²) in [6.45, 7) is 3.42. The Bertz CT molecular complexity index is 166. The van der Waals surface area contributed by atoms with Crippen molar-refractivity contribution in [3.63, 3.8) is 0 Å². The van der Waals surface area contributed by atoms with Crippen molar-refractivity contribution in [1.82, 2.24) is 0 Å². The molecular weight excluding hydrogens is 154 g/mol. The second-order valence-electron chi connectivity index (χ2n) is 3.20. The summed E-state index contributed by atoms with van der Waals surface area (Å²) >= 11 is 0. The maximum absolute atomic E-state index is 8.42. The molecule has 1 saturated heterocycles. The molecule has 12 heavy (non-hydrogen) atoms. The van der Waals surface area contributed by atoms with Crippen molar-refractivity contribution >= 4 is 0 Å². The molecule has 0 N–H and O–H groups in total. The number of nitriles is 1. The van der Waals surface area contributed by atoms with E-state index >= 15 is 0 Å². The molecule has 0 aromatic rings. The van der Waals surface area contributed by atoms with Gasteiger partial charge in [-0.25, -0.2) is 0 Å². The average Bonchev–Trinajstić information content (AvgIpc) is 2.27. The van der Waals surface area contributed by atoms with Crippen molar-refractivity contribution < 1.29 is 9.47 Å². The molecule has 0 bridgehead atoms. The number of nitrogens with zero attached hydrogens (tertiary/aromatic N) is 1. The van der Waals surface area contributed by atoms with Gasteiger partial charge in [0, 0.05) is 12.8 Å². The van der Waals surface area contributed by atoms with Crippen molar-refractivity contribution in [2.24, 2.45) is 0 Å². The zero-order chi connectivity index (χ0) is 8.86. The van der Waals surface area contributed by atoms with Gasteiger partial charge in [-0.05, 0) is 19.8 Å². The van der Waals surface area contributed by atoms with E-state index in [9.17, 15) is 0 Å². The zero-order valence-corrected chi connectivity index (χ0v) is 7.51. The van der Waals surface area contributed by atoms with Gasteiger partial charge in [-0.2, -0.15) is 5.26 Å². The van der Waals surface area contributed by atoms with Crippen LogP contribution in [0, 0.1) is 11.3 Å². The molecule has 3 heteroatoms. The predicted molar refractivity (Wildman–Crippen MR) is 44.4 cm³/mol. The molecule has 1 heterocycles. The Kier molecular flexibility index (Phi) is 3.51. The summed E-state index contributed by atoms with van der Waals surface area (Å²) in [4.78, 5) is 0. The third-order valence-electron chi connectivity index (χ3n) is 2.04. The van der Waals surface area contributed by atoms with E-state index < -0.39 is 5.79 Å². The summed E-state index contributed by atoms with van der Waals surface area (Å²) in [5, 5.41) is 8.42. The van der Waals surface area contributed by atoms with Gasteiger partial charge < -0.3 is 9.47 Å². The van der Waals surface area contributed by atoms with Crippen LogP contribution in [0.3, 0.4) is 0 Å². The summed E-state index contributed by atoms with van der Waals surface area (Å²) in [7, 11) is 0. The molecule has 3 nitrogen and oxygen atoms in total. The minimum atomic E-state index is -0.508. The lowest BCUT2D eigenvalue weighted by Gasteiger charge is -2.26. The first-order valence-corrected chi connectivity index (χ1v) is 4.42. The van der Waals surface area contributed by atoms with Gasteiger partial charge in [0.25, 0.3) is 0 Å². The van der Waals surface area contributed by atoms with E-state index in [0.717, 1.165) is 26.1 Å². The Morgan fingerprint density at radius 3 is 2.42 bits per heavy atom. The van der Waals surface area contributed by atoms with Crippen LogP contribution < -0.4 is 0 Å². The molecule has 1 fully saturated rings. The third kappa shape index (κ3) is 2.80. The third-order valence-corrected chi connectivity index (χ3v) is 2.04. The van der Waals surface area contributed by atoms with E-state index in [4.69, 9.17) is 14.7 Å². The van der Waals surface area contributed by atoms with E-state index in [1.165, 1.54) is 0 Å². The molecule has 0 saturated carbocycles. The first-order chi connectivity index (χ1) is 5.77. The number of hydrogen-bond acceptors (Lipinski definition) is 3. The van der Waals surface area contributed by atoms with Gasteiger partial charge in [-0.3, -0.25) is 0 Å². The lowest BCUT2D eigenvalue weighted by atomic mass is 10.2. The Morgan fingerprint density at radius 2 is 1.92 bits per heavy atom. The molecule has 0 atom stereocenters. The molecule has 68 valence electrons. The summed E-state index contributed by atoms with van der Waals surface area (Å²) in [5.41, 5.74) is 0. The maximum atomic E-state index is 8.42. The molecule has 0 unspecified atom stereocenters. The fraction of sp³-hybridized carbons (Fsp3) is 0.889. The Hall–Kier alpha value is -0.590. The Labute approximate surface area is 73.3 Å². The van der Waals surface area contributed by atoms with Crippen LogP contribution in [-0.4, -0.2) is 19.0 Å². The van der Waals surface area contributed by atoms with Crippen molar-refractivity contribution in [2.45, 2.75) is 38.4 Å².